The molecule has 5 atom stereocenters. The van der Waals surface area contributed by atoms with Gasteiger partial charge in [0, 0.05) is 17.7 Å². The topological polar surface area (TPSA) is 170 Å². The molecule has 4 unspecified atom stereocenters. The molecule has 0 bridgehead atoms. The third kappa shape index (κ3) is 4.03. The van der Waals surface area contributed by atoms with Crippen molar-refractivity contribution in [2.24, 2.45) is 29.2 Å². The van der Waals surface area contributed by atoms with Crippen LogP contribution in [0.2, 0.25) is 0 Å². The summed E-state index contributed by atoms with van der Waals surface area (Å²) < 4.78 is 42.2. The highest BCUT2D eigenvalue weighted by Gasteiger charge is 2.59. The third-order valence-electron chi connectivity index (χ3n) is 8.74. The molecule has 5 rings (SSSR count). The van der Waals surface area contributed by atoms with Crippen molar-refractivity contribution < 1.29 is 43.2 Å². The van der Waals surface area contributed by atoms with Crippen LogP contribution >= 0.6 is 0 Å². The molecule has 0 radical (unpaired) electrons. The number of nitrogens with two attached hydrogens (primary N) is 2. The van der Waals surface area contributed by atoms with E-state index in [0.717, 1.165) is 12.1 Å². The highest BCUT2D eigenvalue weighted by atomic mass is 19.2. The highest BCUT2D eigenvalue weighted by molar-refractivity contribution is 6.14. The largest absolute Gasteiger partial charge is 0.511 e. The first-order chi connectivity index (χ1) is 19.1. The van der Waals surface area contributed by atoms with Gasteiger partial charge in [-0.25, -0.2) is 13.2 Å². The standard InChI is InChI=1S/C29H30F3N3O6/c1-29(41)20-15(23(35(2)3)27(39)21(29)28(34)40)5-11-4-14-13(10-7-16(30)22(32)17(31)8-10)6-12(9-33)24(36)19(14)25(37)18(11)26(20)38/h6-8,11,15,20,23,36,38-39,41H,4-5,9,33H2,1-3H3,(H2,34,40)/t11?,15?,20?,23-,29?/m0/s1. The molecule has 0 heterocycles. The van der Waals surface area contributed by atoms with Crippen molar-refractivity contribution in [3.63, 3.8) is 0 Å². The maximum absolute atomic E-state index is 14.2. The first-order valence-corrected chi connectivity index (χ1v) is 13.0. The average Bonchev–Trinajstić information content (AvgIpc) is 2.85. The van der Waals surface area contributed by atoms with Gasteiger partial charge in [-0.3, -0.25) is 14.5 Å². The Balaban J connectivity index is 1.76. The molecule has 3 aliphatic rings. The Bertz CT molecular complexity index is 1560. The molecular formula is C29H30F3N3O6. The predicted molar refractivity (Wildman–Crippen MR) is 141 cm³/mol. The number of halogens is 3. The Morgan fingerprint density at radius 3 is 2.24 bits per heavy atom. The molecule has 0 fully saturated rings. The zero-order valence-electron chi connectivity index (χ0n) is 22.5. The average molecular weight is 574 g/mol. The summed E-state index contributed by atoms with van der Waals surface area (Å²) in [7, 11) is 3.27. The number of aliphatic hydroxyl groups is 3. The van der Waals surface area contributed by atoms with Gasteiger partial charge in [0.05, 0.1) is 23.1 Å². The number of hydrogen-bond donors (Lipinski definition) is 6. The number of aromatic hydroxyl groups is 1. The van der Waals surface area contributed by atoms with E-state index in [2.05, 4.69) is 0 Å². The summed E-state index contributed by atoms with van der Waals surface area (Å²) in [6.07, 6.45) is 0.142. The number of phenolic OH excluding ortho intramolecular Hbond substituents is 1. The second-order valence-electron chi connectivity index (χ2n) is 11.3. The quantitative estimate of drug-likeness (QED) is 0.303. The summed E-state index contributed by atoms with van der Waals surface area (Å²) in [4.78, 5) is 28.0. The Morgan fingerprint density at radius 2 is 1.71 bits per heavy atom. The van der Waals surface area contributed by atoms with Gasteiger partial charge in [-0.1, -0.05) is 0 Å². The van der Waals surface area contributed by atoms with E-state index >= 15 is 0 Å². The fourth-order valence-corrected chi connectivity index (χ4v) is 7.14. The molecule has 2 aromatic carbocycles. The smallest absolute Gasteiger partial charge is 0.251 e. The van der Waals surface area contributed by atoms with Crippen LogP contribution in [-0.2, 0) is 17.8 Å². The number of carbonyl (C=O) groups excluding carboxylic acids is 2. The fraction of sp³-hybridized carbons (Fsp3) is 0.379. The summed E-state index contributed by atoms with van der Waals surface area (Å²) in [5, 5.41) is 45.2. The molecule has 3 aliphatic carbocycles. The SMILES string of the molecule is CN(C)[C@@H]1C(O)=C(C(N)=O)C(C)(O)C2C(O)=C3C(=O)c4c(O)c(CN)cc(-c5cc(F)c(F)c(F)c5)c4CC3CC21. The van der Waals surface area contributed by atoms with E-state index in [1.807, 2.05) is 0 Å². The van der Waals surface area contributed by atoms with E-state index < -0.39 is 81.4 Å². The van der Waals surface area contributed by atoms with E-state index in [9.17, 15) is 43.2 Å². The third-order valence-corrected chi connectivity index (χ3v) is 8.74. The molecule has 41 heavy (non-hydrogen) atoms. The van der Waals surface area contributed by atoms with Crippen molar-refractivity contribution in [3.8, 4) is 16.9 Å². The van der Waals surface area contributed by atoms with Crippen LogP contribution in [0.15, 0.2) is 40.9 Å². The number of aliphatic hydroxyl groups excluding tert-OH is 2. The number of rotatable bonds is 4. The van der Waals surface area contributed by atoms with Gasteiger partial charge < -0.3 is 31.9 Å². The molecule has 0 aromatic heterocycles. The normalized spacial score (nSPS) is 27.6. The number of carbonyl (C=O) groups is 2. The zero-order chi connectivity index (χ0) is 30.3. The minimum absolute atomic E-state index is 0.00743. The number of fused-ring (bicyclic) bond motifs is 3. The van der Waals surface area contributed by atoms with Crippen LogP contribution in [0, 0.1) is 35.2 Å². The molecule has 1 amide bonds. The Kier molecular flexibility index (Phi) is 6.71. The van der Waals surface area contributed by atoms with Crippen LogP contribution in [0.25, 0.3) is 11.1 Å². The van der Waals surface area contributed by atoms with E-state index in [1.54, 1.807) is 19.0 Å². The van der Waals surface area contributed by atoms with Crippen molar-refractivity contribution in [3.05, 3.63) is 75.0 Å². The second-order valence-corrected chi connectivity index (χ2v) is 11.3. The summed E-state index contributed by atoms with van der Waals surface area (Å²) in [6.45, 7) is 0.973. The molecule has 0 aliphatic heterocycles. The number of amides is 1. The number of Topliss-reactive ketones (excluding diaryl/α,β-unsaturated/α-hetero) is 1. The van der Waals surface area contributed by atoms with Gasteiger partial charge in [0.15, 0.2) is 23.2 Å². The van der Waals surface area contributed by atoms with E-state index in [0.29, 0.717) is 0 Å². The number of phenols is 1. The molecule has 0 saturated heterocycles. The zero-order valence-corrected chi connectivity index (χ0v) is 22.5. The first-order valence-electron chi connectivity index (χ1n) is 13.0. The number of benzene rings is 2. The van der Waals surface area contributed by atoms with Gasteiger partial charge >= 0.3 is 0 Å². The molecule has 2 aromatic rings. The highest BCUT2D eigenvalue weighted by Crippen LogP contribution is 2.55. The predicted octanol–water partition coefficient (Wildman–Crippen LogP) is 2.73. The molecular weight excluding hydrogens is 543 g/mol. The van der Waals surface area contributed by atoms with Crippen LogP contribution in [0.4, 0.5) is 13.2 Å². The van der Waals surface area contributed by atoms with Crippen LogP contribution in [0.1, 0.15) is 34.8 Å². The minimum Gasteiger partial charge on any atom is -0.511 e. The van der Waals surface area contributed by atoms with Crippen LogP contribution in [0.5, 0.6) is 5.75 Å². The lowest BCUT2D eigenvalue weighted by atomic mass is 9.56. The van der Waals surface area contributed by atoms with Crippen LogP contribution in [0.3, 0.4) is 0 Å². The van der Waals surface area contributed by atoms with E-state index in [-0.39, 0.29) is 52.8 Å². The number of nitrogens with zero attached hydrogens (tertiary/aromatic N) is 1. The van der Waals surface area contributed by atoms with Crippen molar-refractivity contribution in [1.29, 1.82) is 0 Å². The first kappa shape index (κ1) is 28.7. The molecule has 218 valence electrons. The minimum atomic E-state index is -2.15. The number of likely N-dealkylation sites (N-methyl/N-ethyl adjacent to an activating group) is 1. The lowest BCUT2D eigenvalue weighted by molar-refractivity contribution is -0.120. The Hall–Kier alpha value is -3.87. The molecule has 9 nitrogen and oxygen atoms in total. The van der Waals surface area contributed by atoms with Gasteiger partial charge in [-0.15, -0.1) is 0 Å². The lowest BCUT2D eigenvalue weighted by Gasteiger charge is -2.52. The van der Waals surface area contributed by atoms with Crippen molar-refractivity contribution >= 4 is 11.7 Å². The second kappa shape index (κ2) is 9.61. The number of ketones is 1. The van der Waals surface area contributed by atoms with E-state index in [1.165, 1.54) is 13.0 Å². The van der Waals surface area contributed by atoms with Crippen molar-refractivity contribution in [1.82, 2.24) is 4.90 Å². The molecule has 8 N–H and O–H groups in total. The summed E-state index contributed by atoms with van der Waals surface area (Å²) in [6, 6.07) is 2.08. The van der Waals surface area contributed by atoms with Gasteiger partial charge in [0.1, 0.15) is 22.9 Å². The maximum atomic E-state index is 14.2. The molecule has 12 heteroatoms. The maximum Gasteiger partial charge on any atom is 0.251 e. The van der Waals surface area contributed by atoms with E-state index in [4.69, 9.17) is 11.5 Å². The van der Waals surface area contributed by atoms with Gasteiger partial charge in [0.25, 0.3) is 5.91 Å². The lowest BCUT2D eigenvalue weighted by Crippen LogP contribution is -2.59. The monoisotopic (exact) mass is 573 g/mol. The van der Waals surface area contributed by atoms with Crippen LogP contribution in [-0.4, -0.2) is 62.8 Å². The summed E-state index contributed by atoms with van der Waals surface area (Å²) in [5.41, 5.74) is 8.71. The Labute approximate surface area is 233 Å². The fourth-order valence-electron chi connectivity index (χ4n) is 7.14. The Morgan fingerprint density at radius 1 is 1.10 bits per heavy atom. The number of primary amides is 1. The van der Waals surface area contributed by atoms with Crippen molar-refractivity contribution in [2.75, 3.05) is 14.1 Å². The molecule has 0 saturated carbocycles. The van der Waals surface area contributed by atoms with Gasteiger partial charge in [-0.2, -0.15) is 0 Å². The number of allylic oxidation sites excluding steroid dienone is 1. The number of hydrogen-bond acceptors (Lipinski definition) is 8. The van der Waals surface area contributed by atoms with Gasteiger partial charge in [-0.05, 0) is 80.6 Å². The van der Waals surface area contributed by atoms with Crippen LogP contribution < -0.4 is 11.5 Å². The summed E-state index contributed by atoms with van der Waals surface area (Å²) >= 11 is 0. The summed E-state index contributed by atoms with van der Waals surface area (Å²) in [5.74, 6) is -10.5. The molecule has 0 spiro atoms. The van der Waals surface area contributed by atoms with Gasteiger partial charge in [0.2, 0.25) is 0 Å². The van der Waals surface area contributed by atoms with Crippen molar-refractivity contribution in [2.45, 2.75) is 38.0 Å².